The van der Waals surface area contributed by atoms with Gasteiger partial charge in [0.15, 0.2) is 0 Å². The fourth-order valence-corrected chi connectivity index (χ4v) is 2.89. The van der Waals surface area contributed by atoms with Gasteiger partial charge < -0.3 is 5.32 Å². The standard InChI is InChI=1S/C16H35NS/c1-4-5-6-7-8-9-10-11-12-13-14-17-16(2)15-18-3/h16-17H,4-15H2,1-3H3. The maximum Gasteiger partial charge on any atom is 0.0129 e. The second-order valence-electron chi connectivity index (χ2n) is 5.49. The fourth-order valence-electron chi connectivity index (χ4n) is 2.27. The normalized spacial score (nSPS) is 12.8. The molecule has 0 aliphatic rings. The topological polar surface area (TPSA) is 12.0 Å². The zero-order valence-electron chi connectivity index (χ0n) is 13.0. The molecule has 110 valence electrons. The maximum absolute atomic E-state index is 3.59. The molecule has 0 fully saturated rings. The van der Waals surface area contributed by atoms with E-state index in [0.29, 0.717) is 6.04 Å². The molecular formula is C16H35NS. The highest BCUT2D eigenvalue weighted by molar-refractivity contribution is 7.98. The second-order valence-corrected chi connectivity index (χ2v) is 6.40. The van der Waals surface area contributed by atoms with Crippen molar-refractivity contribution in [2.75, 3.05) is 18.6 Å². The van der Waals surface area contributed by atoms with E-state index in [1.54, 1.807) is 0 Å². The molecule has 0 radical (unpaired) electrons. The third-order valence-electron chi connectivity index (χ3n) is 3.44. The van der Waals surface area contributed by atoms with Gasteiger partial charge >= 0.3 is 0 Å². The highest BCUT2D eigenvalue weighted by atomic mass is 32.2. The number of thioether (sulfide) groups is 1. The van der Waals surface area contributed by atoms with Crippen LogP contribution in [-0.2, 0) is 0 Å². The zero-order chi connectivity index (χ0) is 13.5. The Morgan fingerprint density at radius 3 is 1.83 bits per heavy atom. The third kappa shape index (κ3) is 14.4. The van der Waals surface area contributed by atoms with Gasteiger partial charge in [-0.25, -0.2) is 0 Å². The van der Waals surface area contributed by atoms with Crippen molar-refractivity contribution < 1.29 is 0 Å². The molecule has 0 amide bonds. The molecule has 0 aromatic rings. The van der Waals surface area contributed by atoms with Gasteiger partial charge in [0.05, 0.1) is 0 Å². The van der Waals surface area contributed by atoms with Crippen LogP contribution in [-0.4, -0.2) is 24.6 Å². The summed E-state index contributed by atoms with van der Waals surface area (Å²) >= 11 is 1.93. The first-order valence-electron chi connectivity index (χ1n) is 8.03. The molecule has 1 N–H and O–H groups in total. The van der Waals surface area contributed by atoms with E-state index in [4.69, 9.17) is 0 Å². The van der Waals surface area contributed by atoms with E-state index < -0.39 is 0 Å². The van der Waals surface area contributed by atoms with Crippen molar-refractivity contribution in [3.63, 3.8) is 0 Å². The van der Waals surface area contributed by atoms with E-state index in [-0.39, 0.29) is 0 Å². The van der Waals surface area contributed by atoms with Crippen LogP contribution in [0.25, 0.3) is 0 Å². The first-order valence-corrected chi connectivity index (χ1v) is 9.43. The van der Waals surface area contributed by atoms with Crippen LogP contribution in [0.15, 0.2) is 0 Å². The summed E-state index contributed by atoms with van der Waals surface area (Å²) in [4.78, 5) is 0. The molecule has 1 nitrogen and oxygen atoms in total. The van der Waals surface area contributed by atoms with Crippen molar-refractivity contribution in [3.8, 4) is 0 Å². The summed E-state index contributed by atoms with van der Waals surface area (Å²) in [6.45, 7) is 5.78. The molecule has 1 unspecified atom stereocenters. The van der Waals surface area contributed by atoms with Gasteiger partial charge in [-0.15, -0.1) is 0 Å². The molecule has 0 rings (SSSR count). The van der Waals surface area contributed by atoms with Crippen molar-refractivity contribution in [2.45, 2.75) is 84.1 Å². The quantitative estimate of drug-likeness (QED) is 0.434. The first kappa shape index (κ1) is 18.3. The molecule has 0 spiro atoms. The van der Waals surface area contributed by atoms with Crippen molar-refractivity contribution in [1.82, 2.24) is 5.32 Å². The Balaban J connectivity index is 2.98. The Kier molecular flexibility index (Phi) is 15.6. The van der Waals surface area contributed by atoms with Gasteiger partial charge in [0, 0.05) is 11.8 Å². The predicted molar refractivity (Wildman–Crippen MR) is 87.7 cm³/mol. The van der Waals surface area contributed by atoms with Crippen molar-refractivity contribution in [2.24, 2.45) is 0 Å². The van der Waals surface area contributed by atoms with Crippen molar-refractivity contribution >= 4 is 11.8 Å². The lowest BCUT2D eigenvalue weighted by atomic mass is 10.1. The summed E-state index contributed by atoms with van der Waals surface area (Å²) < 4.78 is 0. The lowest BCUT2D eigenvalue weighted by Crippen LogP contribution is -2.28. The molecule has 2 heteroatoms. The minimum atomic E-state index is 0.679. The SMILES string of the molecule is CCCCCCCCCCCCNC(C)CSC. The largest absolute Gasteiger partial charge is 0.313 e. The predicted octanol–water partition coefficient (Wildman–Crippen LogP) is 5.25. The molecule has 0 aromatic carbocycles. The summed E-state index contributed by atoms with van der Waals surface area (Å²) in [5, 5.41) is 3.59. The molecule has 0 aromatic heterocycles. The molecule has 0 saturated heterocycles. The summed E-state index contributed by atoms with van der Waals surface area (Å²) in [5.41, 5.74) is 0. The molecule has 0 aliphatic heterocycles. The molecule has 0 aliphatic carbocycles. The summed E-state index contributed by atoms with van der Waals surface area (Å²) in [6, 6.07) is 0.679. The van der Waals surface area contributed by atoms with Gasteiger partial charge in [0.1, 0.15) is 0 Å². The molecule has 0 saturated carbocycles. The first-order chi connectivity index (χ1) is 8.81. The molecule has 18 heavy (non-hydrogen) atoms. The van der Waals surface area contributed by atoms with Crippen LogP contribution in [0.3, 0.4) is 0 Å². The second kappa shape index (κ2) is 15.4. The van der Waals surface area contributed by atoms with Crippen molar-refractivity contribution in [3.05, 3.63) is 0 Å². The van der Waals surface area contributed by atoms with Crippen molar-refractivity contribution in [1.29, 1.82) is 0 Å². The number of rotatable bonds is 14. The van der Waals surface area contributed by atoms with Gasteiger partial charge in [0.25, 0.3) is 0 Å². The lowest BCUT2D eigenvalue weighted by molar-refractivity contribution is 0.526. The molecular weight excluding hydrogens is 238 g/mol. The summed E-state index contributed by atoms with van der Waals surface area (Å²) in [7, 11) is 0. The number of hydrogen-bond acceptors (Lipinski definition) is 2. The van der Waals surface area contributed by atoms with Gasteiger partial charge in [0.2, 0.25) is 0 Å². The van der Waals surface area contributed by atoms with E-state index in [1.807, 2.05) is 11.8 Å². The Hall–Kier alpha value is 0.310. The van der Waals surface area contributed by atoms with Crippen LogP contribution in [0.1, 0.15) is 78.1 Å². The van der Waals surface area contributed by atoms with Gasteiger partial charge in [-0.05, 0) is 26.1 Å². The third-order valence-corrected chi connectivity index (χ3v) is 4.27. The number of unbranched alkanes of at least 4 members (excludes halogenated alkanes) is 9. The van der Waals surface area contributed by atoms with Gasteiger partial charge in [-0.2, -0.15) is 11.8 Å². The lowest BCUT2D eigenvalue weighted by Gasteiger charge is -2.11. The maximum atomic E-state index is 3.59. The van der Waals surface area contributed by atoms with Crippen LogP contribution in [0.5, 0.6) is 0 Å². The average Bonchev–Trinajstić information content (AvgIpc) is 2.36. The van der Waals surface area contributed by atoms with E-state index in [2.05, 4.69) is 25.4 Å². The Morgan fingerprint density at radius 2 is 1.33 bits per heavy atom. The van der Waals surface area contributed by atoms with E-state index in [1.165, 1.54) is 76.5 Å². The number of hydrogen-bond donors (Lipinski definition) is 1. The van der Waals surface area contributed by atoms with Crippen LogP contribution < -0.4 is 5.32 Å². The Labute approximate surface area is 120 Å². The Morgan fingerprint density at radius 1 is 0.833 bits per heavy atom. The van der Waals surface area contributed by atoms with Crippen LogP contribution in [0.2, 0.25) is 0 Å². The van der Waals surface area contributed by atoms with Crippen LogP contribution in [0.4, 0.5) is 0 Å². The molecule has 1 atom stereocenters. The van der Waals surface area contributed by atoms with Gasteiger partial charge in [-0.1, -0.05) is 64.7 Å². The summed E-state index contributed by atoms with van der Waals surface area (Å²) in [6.07, 6.45) is 16.5. The number of nitrogens with one attached hydrogen (secondary N) is 1. The van der Waals surface area contributed by atoms with Crippen LogP contribution >= 0.6 is 11.8 Å². The minimum Gasteiger partial charge on any atom is -0.313 e. The van der Waals surface area contributed by atoms with E-state index in [9.17, 15) is 0 Å². The van der Waals surface area contributed by atoms with Crippen LogP contribution in [0, 0.1) is 0 Å². The Bertz CT molecular complexity index is 150. The monoisotopic (exact) mass is 273 g/mol. The minimum absolute atomic E-state index is 0.679. The smallest absolute Gasteiger partial charge is 0.0129 e. The average molecular weight is 274 g/mol. The zero-order valence-corrected chi connectivity index (χ0v) is 13.8. The fraction of sp³-hybridized carbons (Fsp3) is 1.00. The molecule has 0 heterocycles. The molecule has 0 bridgehead atoms. The van der Waals surface area contributed by atoms with E-state index in [0.717, 1.165) is 0 Å². The highest BCUT2D eigenvalue weighted by Gasteiger charge is 1.98. The summed E-state index contributed by atoms with van der Waals surface area (Å²) in [5.74, 6) is 1.23. The highest BCUT2D eigenvalue weighted by Crippen LogP contribution is 2.10. The van der Waals surface area contributed by atoms with Gasteiger partial charge in [-0.3, -0.25) is 0 Å². The van der Waals surface area contributed by atoms with E-state index >= 15 is 0 Å².